The predicted octanol–water partition coefficient (Wildman–Crippen LogP) is 1.12. The molecule has 1 atom stereocenters. The molecular weight excluding hydrogens is 226 g/mol. The van der Waals surface area contributed by atoms with Gasteiger partial charge < -0.3 is 5.32 Å². The van der Waals surface area contributed by atoms with Crippen molar-refractivity contribution in [2.45, 2.75) is 45.1 Å². The Kier molecular flexibility index (Phi) is 3.46. The summed E-state index contributed by atoms with van der Waals surface area (Å²) in [6, 6.07) is 1.75. The van der Waals surface area contributed by atoms with Gasteiger partial charge in [-0.3, -0.25) is 9.36 Å². The molecule has 1 aromatic rings. The van der Waals surface area contributed by atoms with Crippen molar-refractivity contribution >= 4 is 0 Å². The van der Waals surface area contributed by atoms with Crippen molar-refractivity contribution in [3.05, 3.63) is 27.9 Å². The second kappa shape index (κ2) is 5.22. The van der Waals surface area contributed by atoms with Crippen LogP contribution in [-0.2, 0) is 19.4 Å². The van der Waals surface area contributed by atoms with Gasteiger partial charge >= 0.3 is 0 Å². The molecule has 3 rings (SSSR count). The lowest BCUT2D eigenvalue weighted by atomic mass is 10.0. The van der Waals surface area contributed by atoms with Crippen LogP contribution < -0.4 is 10.9 Å². The number of aromatic nitrogens is 2. The molecule has 3 heterocycles. The van der Waals surface area contributed by atoms with Gasteiger partial charge in [-0.25, -0.2) is 4.98 Å². The minimum Gasteiger partial charge on any atom is -0.316 e. The Bertz CT molecular complexity index is 474. The maximum atomic E-state index is 12.0. The van der Waals surface area contributed by atoms with E-state index in [1.54, 1.807) is 6.07 Å². The van der Waals surface area contributed by atoms with E-state index in [1.807, 2.05) is 4.57 Å². The van der Waals surface area contributed by atoms with Crippen molar-refractivity contribution in [2.75, 3.05) is 13.1 Å². The first kappa shape index (κ1) is 11.9. The summed E-state index contributed by atoms with van der Waals surface area (Å²) in [4.78, 5) is 16.7. The highest BCUT2D eigenvalue weighted by Crippen LogP contribution is 2.16. The molecule has 1 unspecified atom stereocenters. The summed E-state index contributed by atoms with van der Waals surface area (Å²) in [7, 11) is 0. The predicted molar refractivity (Wildman–Crippen MR) is 70.7 cm³/mol. The lowest BCUT2D eigenvalue weighted by Gasteiger charge is -2.18. The first-order valence-electron chi connectivity index (χ1n) is 7.13. The van der Waals surface area contributed by atoms with Gasteiger partial charge in [-0.15, -0.1) is 0 Å². The van der Waals surface area contributed by atoms with E-state index in [4.69, 9.17) is 0 Å². The Balaban J connectivity index is 1.72. The second-order valence-corrected chi connectivity index (χ2v) is 5.51. The van der Waals surface area contributed by atoms with Gasteiger partial charge in [-0.05, 0) is 51.1 Å². The summed E-state index contributed by atoms with van der Waals surface area (Å²) in [5.74, 6) is 1.78. The Hall–Kier alpha value is -1.16. The smallest absolute Gasteiger partial charge is 0.253 e. The van der Waals surface area contributed by atoms with E-state index in [9.17, 15) is 4.79 Å². The van der Waals surface area contributed by atoms with Crippen molar-refractivity contribution in [2.24, 2.45) is 5.92 Å². The normalized spacial score (nSPS) is 23.0. The van der Waals surface area contributed by atoms with Gasteiger partial charge in [0.15, 0.2) is 0 Å². The van der Waals surface area contributed by atoms with E-state index >= 15 is 0 Å². The highest BCUT2D eigenvalue weighted by atomic mass is 16.1. The molecule has 1 fully saturated rings. The van der Waals surface area contributed by atoms with Crippen molar-refractivity contribution < 1.29 is 0 Å². The standard InChI is InChI=1S/C14H21N3O/c18-14-9-12(5-4-11-6-7-15-10-11)16-13-3-1-2-8-17(13)14/h9,11,15H,1-8,10H2. The number of hydrogen-bond donors (Lipinski definition) is 1. The lowest BCUT2D eigenvalue weighted by molar-refractivity contribution is 0.485. The fourth-order valence-corrected chi connectivity index (χ4v) is 3.03. The molecule has 4 heteroatoms. The molecule has 18 heavy (non-hydrogen) atoms. The molecule has 0 aromatic carbocycles. The average molecular weight is 247 g/mol. The van der Waals surface area contributed by atoms with Crippen LogP contribution in [-0.4, -0.2) is 22.6 Å². The van der Waals surface area contributed by atoms with E-state index in [1.165, 1.54) is 12.8 Å². The molecule has 0 amide bonds. The third-order valence-electron chi connectivity index (χ3n) is 4.14. The zero-order valence-corrected chi connectivity index (χ0v) is 10.8. The Morgan fingerprint density at radius 1 is 1.44 bits per heavy atom. The van der Waals surface area contributed by atoms with Crippen molar-refractivity contribution in [1.82, 2.24) is 14.9 Å². The molecule has 4 nitrogen and oxygen atoms in total. The number of hydrogen-bond acceptors (Lipinski definition) is 3. The Morgan fingerprint density at radius 3 is 3.22 bits per heavy atom. The van der Waals surface area contributed by atoms with Crippen molar-refractivity contribution in [3.8, 4) is 0 Å². The minimum atomic E-state index is 0.152. The van der Waals surface area contributed by atoms with Gasteiger partial charge in [-0.2, -0.15) is 0 Å². The minimum absolute atomic E-state index is 0.152. The number of rotatable bonds is 3. The monoisotopic (exact) mass is 247 g/mol. The number of fused-ring (bicyclic) bond motifs is 1. The first-order chi connectivity index (χ1) is 8.83. The fraction of sp³-hybridized carbons (Fsp3) is 0.714. The van der Waals surface area contributed by atoms with Crippen LogP contribution in [0.1, 0.15) is 37.2 Å². The Morgan fingerprint density at radius 2 is 2.39 bits per heavy atom. The van der Waals surface area contributed by atoms with Crippen LogP contribution in [0.2, 0.25) is 0 Å². The quantitative estimate of drug-likeness (QED) is 0.870. The summed E-state index contributed by atoms with van der Waals surface area (Å²) >= 11 is 0. The molecule has 0 radical (unpaired) electrons. The molecule has 2 aliphatic heterocycles. The highest BCUT2D eigenvalue weighted by molar-refractivity contribution is 5.07. The molecule has 1 saturated heterocycles. The lowest BCUT2D eigenvalue weighted by Crippen LogP contribution is -2.28. The molecule has 1 N–H and O–H groups in total. The fourth-order valence-electron chi connectivity index (χ4n) is 3.03. The van der Waals surface area contributed by atoms with E-state index in [2.05, 4.69) is 10.3 Å². The third-order valence-corrected chi connectivity index (χ3v) is 4.14. The second-order valence-electron chi connectivity index (χ2n) is 5.51. The zero-order valence-electron chi connectivity index (χ0n) is 10.8. The SMILES string of the molecule is O=c1cc(CCC2CCNC2)nc2n1CCCC2. The maximum absolute atomic E-state index is 12.0. The summed E-state index contributed by atoms with van der Waals surface area (Å²) in [6.07, 6.45) is 6.63. The topological polar surface area (TPSA) is 46.9 Å². The molecule has 1 aromatic heterocycles. The Labute approximate surface area is 107 Å². The van der Waals surface area contributed by atoms with Crippen LogP contribution in [0.4, 0.5) is 0 Å². The van der Waals surface area contributed by atoms with Gasteiger partial charge in [0.05, 0.1) is 0 Å². The van der Waals surface area contributed by atoms with Crippen LogP contribution in [0, 0.1) is 5.92 Å². The molecule has 0 saturated carbocycles. The average Bonchev–Trinajstić information content (AvgIpc) is 2.90. The van der Waals surface area contributed by atoms with Crippen molar-refractivity contribution in [1.29, 1.82) is 0 Å². The summed E-state index contributed by atoms with van der Waals surface area (Å²) in [5, 5.41) is 3.38. The van der Waals surface area contributed by atoms with Gasteiger partial charge in [0.1, 0.15) is 5.82 Å². The summed E-state index contributed by atoms with van der Waals surface area (Å²) in [6.45, 7) is 3.13. The highest BCUT2D eigenvalue weighted by Gasteiger charge is 2.16. The largest absolute Gasteiger partial charge is 0.316 e. The van der Waals surface area contributed by atoms with Crippen LogP contribution >= 0.6 is 0 Å². The van der Waals surface area contributed by atoms with Crippen LogP contribution in [0.25, 0.3) is 0 Å². The maximum Gasteiger partial charge on any atom is 0.253 e. The van der Waals surface area contributed by atoms with Gasteiger partial charge in [0, 0.05) is 24.7 Å². The summed E-state index contributed by atoms with van der Waals surface area (Å²) in [5.41, 5.74) is 1.15. The van der Waals surface area contributed by atoms with Crippen LogP contribution in [0.15, 0.2) is 10.9 Å². The van der Waals surface area contributed by atoms with Gasteiger partial charge in [0.25, 0.3) is 5.56 Å². The van der Waals surface area contributed by atoms with Gasteiger partial charge in [-0.1, -0.05) is 0 Å². The number of aryl methyl sites for hydroxylation is 2. The molecular formula is C14H21N3O. The number of nitrogens with one attached hydrogen (secondary N) is 1. The van der Waals surface area contributed by atoms with E-state index in [-0.39, 0.29) is 5.56 Å². The van der Waals surface area contributed by atoms with E-state index < -0.39 is 0 Å². The van der Waals surface area contributed by atoms with Gasteiger partial charge in [0.2, 0.25) is 0 Å². The zero-order chi connectivity index (χ0) is 12.4. The van der Waals surface area contributed by atoms with Crippen LogP contribution in [0.5, 0.6) is 0 Å². The molecule has 0 spiro atoms. The van der Waals surface area contributed by atoms with E-state index in [0.717, 1.165) is 62.8 Å². The molecule has 2 aliphatic rings. The van der Waals surface area contributed by atoms with Crippen LogP contribution in [0.3, 0.4) is 0 Å². The number of nitrogens with zero attached hydrogens (tertiary/aromatic N) is 2. The summed E-state index contributed by atoms with van der Waals surface area (Å²) < 4.78 is 1.85. The molecule has 0 aliphatic carbocycles. The van der Waals surface area contributed by atoms with Crippen molar-refractivity contribution in [3.63, 3.8) is 0 Å². The molecule has 98 valence electrons. The third kappa shape index (κ3) is 2.48. The molecule has 0 bridgehead atoms. The first-order valence-corrected chi connectivity index (χ1v) is 7.13. The van der Waals surface area contributed by atoms with E-state index in [0.29, 0.717) is 0 Å².